The third-order valence-electron chi connectivity index (χ3n) is 7.63. The number of thiazole rings is 1. The van der Waals surface area contributed by atoms with Crippen LogP contribution in [0.4, 0.5) is 5.69 Å². The van der Waals surface area contributed by atoms with Crippen molar-refractivity contribution in [1.29, 1.82) is 0 Å². The number of sulfonamides is 1. The zero-order valence-electron chi connectivity index (χ0n) is 23.9. The number of aromatic nitrogens is 1. The van der Waals surface area contributed by atoms with E-state index in [0.717, 1.165) is 66.1 Å². The summed E-state index contributed by atoms with van der Waals surface area (Å²) >= 11 is 1.60. The summed E-state index contributed by atoms with van der Waals surface area (Å²) in [6.07, 6.45) is 4.89. The van der Waals surface area contributed by atoms with Gasteiger partial charge in [0, 0.05) is 25.0 Å². The molecule has 1 saturated heterocycles. The van der Waals surface area contributed by atoms with Crippen LogP contribution < -0.4 is 9.54 Å². The highest BCUT2D eigenvalue weighted by molar-refractivity contribution is 7.89. The van der Waals surface area contributed by atoms with E-state index in [1.165, 1.54) is 5.56 Å². The second kappa shape index (κ2) is 13.6. The van der Waals surface area contributed by atoms with Gasteiger partial charge in [0.15, 0.2) is 4.80 Å². The summed E-state index contributed by atoms with van der Waals surface area (Å²) in [7, 11) is -3.52. The van der Waals surface area contributed by atoms with E-state index >= 15 is 0 Å². The Morgan fingerprint density at radius 2 is 1.63 bits per heavy atom. The SMILES string of the molecule is CCCCn1c(-c2ccc(S(=O)(=O)N3CCC(Cc4ccccc4)CC3)cc2)csc1=Nc1ccc(OCC)cc1. The average molecular weight is 590 g/mol. The number of hydrogen-bond donors (Lipinski definition) is 0. The van der Waals surface area contributed by atoms with Crippen molar-refractivity contribution < 1.29 is 13.2 Å². The molecule has 0 amide bonds. The van der Waals surface area contributed by atoms with Gasteiger partial charge in [0.1, 0.15) is 5.75 Å². The molecule has 216 valence electrons. The first kappa shape index (κ1) is 29.3. The fourth-order valence-electron chi connectivity index (χ4n) is 5.32. The largest absolute Gasteiger partial charge is 0.494 e. The Hall–Kier alpha value is -3.20. The van der Waals surface area contributed by atoms with Crippen LogP contribution in [-0.4, -0.2) is 37.0 Å². The predicted octanol–water partition coefficient (Wildman–Crippen LogP) is 7.29. The molecule has 0 atom stereocenters. The normalized spacial score (nSPS) is 15.3. The Balaban J connectivity index is 1.32. The minimum atomic E-state index is -3.52. The van der Waals surface area contributed by atoms with E-state index in [1.54, 1.807) is 27.8 Å². The standard InChI is InChI=1S/C33H39N3O3S2/c1-3-5-21-36-32(25-40-33(36)34-29-13-15-30(16-14-29)39-4-2)28-11-17-31(18-12-28)41(37,38)35-22-19-27(20-23-35)24-26-9-7-6-8-10-26/h6-18,25,27H,3-5,19-24H2,1-2H3. The van der Waals surface area contributed by atoms with Gasteiger partial charge in [0.25, 0.3) is 0 Å². The van der Waals surface area contributed by atoms with Crippen LogP contribution in [0.15, 0.2) is 94.1 Å². The van der Waals surface area contributed by atoms with Crippen LogP contribution in [0.2, 0.25) is 0 Å². The maximum atomic E-state index is 13.5. The third-order valence-corrected chi connectivity index (χ3v) is 10.4. The highest BCUT2D eigenvalue weighted by Crippen LogP contribution is 2.28. The molecule has 0 unspecified atom stereocenters. The molecule has 2 heterocycles. The van der Waals surface area contributed by atoms with Crippen LogP contribution in [0.25, 0.3) is 11.3 Å². The molecule has 0 saturated carbocycles. The first-order valence-electron chi connectivity index (χ1n) is 14.6. The molecule has 4 aromatic rings. The first-order chi connectivity index (χ1) is 20.0. The van der Waals surface area contributed by atoms with Gasteiger partial charge in [-0.05, 0) is 86.1 Å². The predicted molar refractivity (Wildman–Crippen MR) is 167 cm³/mol. The summed E-state index contributed by atoms with van der Waals surface area (Å²) in [5.74, 6) is 1.36. The van der Waals surface area contributed by atoms with Gasteiger partial charge < -0.3 is 9.30 Å². The molecular formula is C33H39N3O3S2. The van der Waals surface area contributed by atoms with Gasteiger partial charge in [-0.3, -0.25) is 0 Å². The summed E-state index contributed by atoms with van der Waals surface area (Å²) in [5, 5.41) is 2.12. The average Bonchev–Trinajstić information content (AvgIpc) is 3.40. The van der Waals surface area contributed by atoms with E-state index in [2.05, 4.69) is 41.1 Å². The molecule has 8 heteroatoms. The zero-order chi connectivity index (χ0) is 28.7. The molecule has 5 rings (SSSR count). The van der Waals surface area contributed by atoms with Crippen LogP contribution in [0, 0.1) is 5.92 Å². The number of rotatable bonds is 11. The molecule has 0 aliphatic carbocycles. The Morgan fingerprint density at radius 3 is 2.29 bits per heavy atom. The highest BCUT2D eigenvalue weighted by atomic mass is 32.2. The molecule has 3 aromatic carbocycles. The van der Waals surface area contributed by atoms with Crippen LogP contribution in [-0.2, 0) is 23.0 Å². The highest BCUT2D eigenvalue weighted by Gasteiger charge is 2.29. The number of ether oxygens (including phenoxy) is 1. The van der Waals surface area contributed by atoms with E-state index in [9.17, 15) is 8.42 Å². The van der Waals surface area contributed by atoms with Crippen molar-refractivity contribution in [2.24, 2.45) is 10.9 Å². The van der Waals surface area contributed by atoms with Crippen LogP contribution in [0.3, 0.4) is 0 Å². The molecule has 0 spiro atoms. The molecule has 41 heavy (non-hydrogen) atoms. The van der Waals surface area contributed by atoms with E-state index in [-0.39, 0.29) is 0 Å². The van der Waals surface area contributed by atoms with Gasteiger partial charge >= 0.3 is 0 Å². The number of nitrogens with zero attached hydrogens (tertiary/aromatic N) is 3. The van der Waals surface area contributed by atoms with E-state index < -0.39 is 10.0 Å². The minimum absolute atomic E-state index is 0.359. The lowest BCUT2D eigenvalue weighted by atomic mass is 9.91. The maximum absolute atomic E-state index is 13.5. The Morgan fingerprint density at radius 1 is 0.927 bits per heavy atom. The molecule has 0 N–H and O–H groups in total. The summed E-state index contributed by atoms with van der Waals surface area (Å²) in [6.45, 7) is 6.78. The molecule has 6 nitrogen and oxygen atoms in total. The quantitative estimate of drug-likeness (QED) is 0.185. The maximum Gasteiger partial charge on any atom is 0.243 e. The van der Waals surface area contributed by atoms with Crippen molar-refractivity contribution in [2.75, 3.05) is 19.7 Å². The number of benzene rings is 3. The summed E-state index contributed by atoms with van der Waals surface area (Å²) in [4.78, 5) is 6.20. The lowest BCUT2D eigenvalue weighted by Gasteiger charge is -2.31. The molecule has 1 aliphatic heterocycles. The first-order valence-corrected chi connectivity index (χ1v) is 16.9. The van der Waals surface area contributed by atoms with Crippen molar-refractivity contribution in [3.8, 4) is 17.0 Å². The summed E-state index contributed by atoms with van der Waals surface area (Å²) in [6, 6.07) is 25.7. The van der Waals surface area contributed by atoms with E-state index in [4.69, 9.17) is 9.73 Å². The zero-order valence-corrected chi connectivity index (χ0v) is 25.5. The molecule has 1 aromatic heterocycles. The molecular weight excluding hydrogens is 551 g/mol. The lowest BCUT2D eigenvalue weighted by molar-refractivity contribution is 0.273. The molecule has 0 bridgehead atoms. The van der Waals surface area contributed by atoms with Crippen LogP contribution in [0.5, 0.6) is 5.75 Å². The van der Waals surface area contributed by atoms with Crippen LogP contribution >= 0.6 is 11.3 Å². The van der Waals surface area contributed by atoms with Crippen molar-refractivity contribution in [3.63, 3.8) is 0 Å². The summed E-state index contributed by atoms with van der Waals surface area (Å²) < 4.78 is 36.4. The van der Waals surface area contributed by atoms with E-state index in [0.29, 0.717) is 30.5 Å². The fourth-order valence-corrected chi connectivity index (χ4v) is 7.75. The Bertz CT molecular complexity index is 1570. The van der Waals surface area contributed by atoms with Crippen molar-refractivity contribution >= 4 is 27.0 Å². The summed E-state index contributed by atoms with van der Waals surface area (Å²) in [5.41, 5.74) is 4.25. The van der Waals surface area contributed by atoms with E-state index in [1.807, 2.05) is 49.4 Å². The Labute approximate surface area is 248 Å². The Kier molecular flexibility index (Phi) is 9.75. The smallest absolute Gasteiger partial charge is 0.243 e. The van der Waals surface area contributed by atoms with Gasteiger partial charge in [-0.25, -0.2) is 13.4 Å². The fraction of sp³-hybridized carbons (Fsp3) is 0.364. The number of piperidine rings is 1. The molecule has 0 radical (unpaired) electrons. The van der Waals surface area contributed by atoms with Gasteiger partial charge in [-0.15, -0.1) is 11.3 Å². The topological polar surface area (TPSA) is 63.9 Å². The third kappa shape index (κ3) is 7.18. The number of hydrogen-bond acceptors (Lipinski definition) is 5. The monoisotopic (exact) mass is 589 g/mol. The van der Waals surface area contributed by atoms with Gasteiger partial charge in [0.05, 0.1) is 22.9 Å². The van der Waals surface area contributed by atoms with Gasteiger partial charge in [-0.1, -0.05) is 55.8 Å². The van der Waals surface area contributed by atoms with Crippen molar-refractivity contribution in [2.45, 2.75) is 57.4 Å². The molecule has 1 fully saturated rings. The molecule has 1 aliphatic rings. The minimum Gasteiger partial charge on any atom is -0.494 e. The second-order valence-electron chi connectivity index (χ2n) is 10.5. The van der Waals surface area contributed by atoms with Crippen molar-refractivity contribution in [3.05, 3.63) is 94.6 Å². The lowest BCUT2D eigenvalue weighted by Crippen LogP contribution is -2.38. The van der Waals surface area contributed by atoms with Crippen molar-refractivity contribution in [1.82, 2.24) is 8.87 Å². The van der Waals surface area contributed by atoms with Crippen LogP contribution in [0.1, 0.15) is 45.1 Å². The number of unbranched alkanes of at least 4 members (excludes halogenated alkanes) is 1. The van der Waals surface area contributed by atoms with Gasteiger partial charge in [0.2, 0.25) is 10.0 Å². The van der Waals surface area contributed by atoms with Gasteiger partial charge in [-0.2, -0.15) is 4.31 Å². The second-order valence-corrected chi connectivity index (χ2v) is 13.3.